The van der Waals surface area contributed by atoms with E-state index in [9.17, 15) is 8.42 Å². The largest absolute Gasteiger partial charge is 0.326 e. The molecule has 16 heavy (non-hydrogen) atoms. The van der Waals surface area contributed by atoms with Crippen molar-refractivity contribution in [1.29, 1.82) is 0 Å². The van der Waals surface area contributed by atoms with Gasteiger partial charge in [-0.15, -0.1) is 0 Å². The van der Waals surface area contributed by atoms with Crippen molar-refractivity contribution in [1.82, 2.24) is 4.98 Å². The van der Waals surface area contributed by atoms with Crippen LogP contribution in [0.3, 0.4) is 0 Å². The summed E-state index contributed by atoms with van der Waals surface area (Å²) in [6.07, 6.45) is 1.42. The van der Waals surface area contributed by atoms with Crippen molar-refractivity contribution in [3.8, 4) is 0 Å². The second-order valence-corrected chi connectivity index (χ2v) is 4.94. The zero-order valence-electron chi connectivity index (χ0n) is 8.42. The summed E-state index contributed by atoms with van der Waals surface area (Å²) in [5.41, 5.74) is 6.97. The van der Waals surface area contributed by atoms with Crippen LogP contribution in [0, 0.1) is 0 Å². The van der Waals surface area contributed by atoms with Crippen molar-refractivity contribution in [2.75, 3.05) is 0 Å². The lowest BCUT2D eigenvalue weighted by Gasteiger charge is -2.04. The molecule has 0 fully saturated rings. The highest BCUT2D eigenvalue weighted by Crippen LogP contribution is 2.20. The Kier molecular flexibility index (Phi) is 2.63. The van der Waals surface area contributed by atoms with E-state index >= 15 is 0 Å². The van der Waals surface area contributed by atoms with Gasteiger partial charge in [0, 0.05) is 18.1 Å². The van der Waals surface area contributed by atoms with Crippen molar-refractivity contribution in [3.05, 3.63) is 36.0 Å². The van der Waals surface area contributed by atoms with Crippen LogP contribution in [-0.4, -0.2) is 13.4 Å². The standard InChI is InChI=1S/C10H11N3O2S/c11-6-7-1-2-8-9(5-7)13-4-3-10(8)16(12,14)15/h1-5H,6,11H2,(H2,12,14,15). The summed E-state index contributed by atoms with van der Waals surface area (Å²) in [7, 11) is -3.72. The highest BCUT2D eigenvalue weighted by atomic mass is 32.2. The molecule has 6 heteroatoms. The van der Waals surface area contributed by atoms with Crippen molar-refractivity contribution in [2.45, 2.75) is 11.4 Å². The minimum absolute atomic E-state index is 0.0843. The molecule has 4 N–H and O–H groups in total. The van der Waals surface area contributed by atoms with Gasteiger partial charge in [-0.1, -0.05) is 12.1 Å². The predicted molar refractivity (Wildman–Crippen MR) is 61.0 cm³/mol. The lowest BCUT2D eigenvalue weighted by atomic mass is 10.1. The topological polar surface area (TPSA) is 99.1 Å². The number of sulfonamides is 1. The van der Waals surface area contributed by atoms with Gasteiger partial charge in [-0.2, -0.15) is 0 Å². The second-order valence-electron chi connectivity index (χ2n) is 3.41. The van der Waals surface area contributed by atoms with Gasteiger partial charge in [-0.25, -0.2) is 13.6 Å². The molecule has 0 aliphatic rings. The Morgan fingerprint density at radius 1 is 1.25 bits per heavy atom. The molecule has 0 aliphatic carbocycles. The normalized spacial score (nSPS) is 11.9. The summed E-state index contributed by atoms with van der Waals surface area (Å²) in [5.74, 6) is 0. The number of nitrogens with zero attached hydrogens (tertiary/aromatic N) is 1. The van der Waals surface area contributed by atoms with E-state index in [4.69, 9.17) is 10.9 Å². The van der Waals surface area contributed by atoms with Gasteiger partial charge in [0.1, 0.15) is 0 Å². The fourth-order valence-corrected chi connectivity index (χ4v) is 2.27. The fourth-order valence-electron chi connectivity index (χ4n) is 1.54. The van der Waals surface area contributed by atoms with Crippen LogP contribution in [0.25, 0.3) is 10.9 Å². The number of primary sulfonamides is 1. The molecular weight excluding hydrogens is 226 g/mol. The molecule has 1 aromatic heterocycles. The maximum absolute atomic E-state index is 11.3. The maximum atomic E-state index is 11.3. The zero-order valence-corrected chi connectivity index (χ0v) is 9.24. The van der Waals surface area contributed by atoms with Crippen LogP contribution in [0.1, 0.15) is 5.56 Å². The quantitative estimate of drug-likeness (QED) is 0.786. The number of pyridine rings is 1. The van der Waals surface area contributed by atoms with Gasteiger partial charge in [0.25, 0.3) is 0 Å². The van der Waals surface area contributed by atoms with Crippen LogP contribution in [0.15, 0.2) is 35.4 Å². The number of rotatable bonds is 2. The molecule has 0 spiro atoms. The monoisotopic (exact) mass is 237 g/mol. The third kappa shape index (κ3) is 1.90. The van der Waals surface area contributed by atoms with Crippen LogP contribution in [0.4, 0.5) is 0 Å². The predicted octanol–water partition coefficient (Wildman–Crippen LogP) is 0.341. The van der Waals surface area contributed by atoms with E-state index in [-0.39, 0.29) is 4.90 Å². The van der Waals surface area contributed by atoms with E-state index in [0.717, 1.165) is 5.56 Å². The molecular formula is C10H11N3O2S. The summed E-state index contributed by atoms with van der Waals surface area (Å²) in [4.78, 5) is 4.17. The first-order valence-corrected chi connectivity index (χ1v) is 6.17. The van der Waals surface area contributed by atoms with Gasteiger partial charge in [-0.05, 0) is 17.7 Å². The third-order valence-electron chi connectivity index (χ3n) is 2.31. The van der Waals surface area contributed by atoms with Gasteiger partial charge in [0.15, 0.2) is 0 Å². The second kappa shape index (κ2) is 3.82. The minimum atomic E-state index is -3.72. The number of fused-ring (bicyclic) bond motifs is 1. The lowest BCUT2D eigenvalue weighted by molar-refractivity contribution is 0.598. The van der Waals surface area contributed by atoms with Gasteiger partial charge < -0.3 is 5.73 Å². The molecule has 5 nitrogen and oxygen atoms in total. The van der Waals surface area contributed by atoms with Gasteiger partial charge >= 0.3 is 0 Å². The molecule has 1 heterocycles. The molecule has 2 rings (SSSR count). The summed E-state index contributed by atoms with van der Waals surface area (Å²) in [6, 6.07) is 6.58. The molecule has 0 radical (unpaired) electrons. The summed E-state index contributed by atoms with van der Waals surface area (Å²) in [6.45, 7) is 0.386. The summed E-state index contributed by atoms with van der Waals surface area (Å²) in [5, 5.41) is 5.63. The van der Waals surface area contributed by atoms with Crippen LogP contribution in [0.5, 0.6) is 0 Å². The molecule has 1 aromatic carbocycles. The average molecular weight is 237 g/mol. The molecule has 0 saturated heterocycles. The van der Waals surface area contributed by atoms with Crippen LogP contribution in [-0.2, 0) is 16.6 Å². The Balaban J connectivity index is 2.80. The van der Waals surface area contributed by atoms with E-state index in [1.54, 1.807) is 18.2 Å². The lowest BCUT2D eigenvalue weighted by Crippen LogP contribution is -2.12. The molecule has 2 aromatic rings. The van der Waals surface area contributed by atoms with Gasteiger partial charge in [0.05, 0.1) is 10.4 Å². The van der Waals surface area contributed by atoms with Crippen molar-refractivity contribution >= 4 is 20.9 Å². The molecule has 0 aliphatic heterocycles. The van der Waals surface area contributed by atoms with E-state index in [1.807, 2.05) is 0 Å². The van der Waals surface area contributed by atoms with E-state index < -0.39 is 10.0 Å². The Morgan fingerprint density at radius 2 is 2.00 bits per heavy atom. The summed E-state index contributed by atoms with van der Waals surface area (Å²) < 4.78 is 22.7. The van der Waals surface area contributed by atoms with Crippen molar-refractivity contribution < 1.29 is 8.42 Å². The highest BCUT2D eigenvalue weighted by Gasteiger charge is 2.12. The first kappa shape index (κ1) is 11.0. The Hall–Kier alpha value is -1.50. The Labute approximate surface area is 93.1 Å². The first-order chi connectivity index (χ1) is 7.52. The van der Waals surface area contributed by atoms with Crippen LogP contribution in [0.2, 0.25) is 0 Å². The van der Waals surface area contributed by atoms with E-state index in [2.05, 4.69) is 4.98 Å². The number of nitrogens with two attached hydrogens (primary N) is 2. The molecule has 0 amide bonds. The third-order valence-corrected chi connectivity index (χ3v) is 3.28. The van der Waals surface area contributed by atoms with Crippen LogP contribution < -0.4 is 10.9 Å². The molecule has 0 atom stereocenters. The zero-order chi connectivity index (χ0) is 11.8. The average Bonchev–Trinajstić information content (AvgIpc) is 2.26. The van der Waals surface area contributed by atoms with Gasteiger partial charge in [-0.3, -0.25) is 4.98 Å². The Bertz CT molecular complexity index is 638. The smallest absolute Gasteiger partial charge is 0.238 e. The molecule has 84 valence electrons. The van der Waals surface area contributed by atoms with Crippen LogP contribution >= 0.6 is 0 Å². The van der Waals surface area contributed by atoms with Gasteiger partial charge in [0.2, 0.25) is 10.0 Å². The number of hydrogen-bond acceptors (Lipinski definition) is 4. The van der Waals surface area contributed by atoms with Crippen molar-refractivity contribution in [3.63, 3.8) is 0 Å². The molecule has 0 saturated carbocycles. The SMILES string of the molecule is NCc1ccc2c(S(N)(=O)=O)ccnc2c1. The highest BCUT2D eigenvalue weighted by molar-refractivity contribution is 7.89. The summed E-state index contributed by atoms with van der Waals surface area (Å²) >= 11 is 0. The first-order valence-electron chi connectivity index (χ1n) is 4.63. The molecule has 0 unspecified atom stereocenters. The molecule has 0 bridgehead atoms. The maximum Gasteiger partial charge on any atom is 0.238 e. The Morgan fingerprint density at radius 3 is 2.62 bits per heavy atom. The minimum Gasteiger partial charge on any atom is -0.326 e. The number of aromatic nitrogens is 1. The van der Waals surface area contributed by atoms with E-state index in [0.29, 0.717) is 17.4 Å². The number of hydrogen-bond donors (Lipinski definition) is 2. The van der Waals surface area contributed by atoms with E-state index in [1.165, 1.54) is 12.3 Å². The van der Waals surface area contributed by atoms with Crippen molar-refractivity contribution in [2.24, 2.45) is 10.9 Å². The number of benzene rings is 1. The fraction of sp³-hybridized carbons (Fsp3) is 0.100.